The van der Waals surface area contributed by atoms with Gasteiger partial charge in [-0.3, -0.25) is 4.90 Å². The van der Waals surface area contributed by atoms with Crippen molar-refractivity contribution in [1.82, 2.24) is 10.2 Å². The third kappa shape index (κ3) is 5.23. The van der Waals surface area contributed by atoms with Gasteiger partial charge < -0.3 is 10.1 Å². The van der Waals surface area contributed by atoms with Gasteiger partial charge in [-0.15, -0.1) is 0 Å². The molecule has 1 fully saturated rings. The van der Waals surface area contributed by atoms with Gasteiger partial charge in [-0.1, -0.05) is 37.3 Å². The van der Waals surface area contributed by atoms with E-state index in [0.717, 1.165) is 19.7 Å². The van der Waals surface area contributed by atoms with Crippen molar-refractivity contribution < 1.29 is 4.74 Å². The SMILES string of the molecule is COCC(C)CNC1CCN(Cc2ccccc2)CC1. The van der Waals surface area contributed by atoms with Crippen molar-refractivity contribution in [2.75, 3.05) is 33.4 Å². The van der Waals surface area contributed by atoms with Crippen LogP contribution >= 0.6 is 0 Å². The lowest BCUT2D eigenvalue weighted by Crippen LogP contribution is -2.43. The molecule has 1 aromatic carbocycles. The second-order valence-corrected chi connectivity index (χ2v) is 6.00. The monoisotopic (exact) mass is 276 g/mol. The van der Waals surface area contributed by atoms with Crippen LogP contribution in [0.1, 0.15) is 25.3 Å². The van der Waals surface area contributed by atoms with Gasteiger partial charge in [0.25, 0.3) is 0 Å². The molecular weight excluding hydrogens is 248 g/mol. The number of rotatable bonds is 7. The number of ether oxygens (including phenoxy) is 1. The first-order chi connectivity index (χ1) is 9.78. The molecular formula is C17H28N2O. The van der Waals surface area contributed by atoms with Crippen LogP contribution in [0.25, 0.3) is 0 Å². The van der Waals surface area contributed by atoms with Gasteiger partial charge in [0.15, 0.2) is 0 Å². The van der Waals surface area contributed by atoms with Crippen LogP contribution in [0.3, 0.4) is 0 Å². The van der Waals surface area contributed by atoms with Crippen LogP contribution in [-0.4, -0.2) is 44.3 Å². The normalized spacial score (nSPS) is 19.1. The van der Waals surface area contributed by atoms with Crippen molar-refractivity contribution in [3.8, 4) is 0 Å². The fourth-order valence-electron chi connectivity index (χ4n) is 2.85. The standard InChI is InChI=1S/C17H28N2O/c1-15(14-20-2)12-18-17-8-10-19(11-9-17)13-16-6-4-3-5-7-16/h3-7,15,17-18H,8-14H2,1-2H3. The van der Waals surface area contributed by atoms with E-state index in [1.165, 1.54) is 31.5 Å². The highest BCUT2D eigenvalue weighted by molar-refractivity contribution is 5.14. The molecule has 3 nitrogen and oxygen atoms in total. The highest BCUT2D eigenvalue weighted by atomic mass is 16.5. The molecule has 0 amide bonds. The largest absolute Gasteiger partial charge is 0.384 e. The Morgan fingerprint density at radius 3 is 2.60 bits per heavy atom. The van der Waals surface area contributed by atoms with Gasteiger partial charge in [-0.05, 0) is 37.4 Å². The maximum absolute atomic E-state index is 5.18. The smallest absolute Gasteiger partial charge is 0.0499 e. The average Bonchev–Trinajstić information content (AvgIpc) is 2.48. The zero-order valence-corrected chi connectivity index (χ0v) is 12.8. The molecule has 1 aliphatic heterocycles. The summed E-state index contributed by atoms with van der Waals surface area (Å²) in [5, 5.41) is 3.68. The number of piperidine rings is 1. The molecule has 2 rings (SSSR count). The van der Waals surface area contributed by atoms with Crippen LogP contribution in [-0.2, 0) is 11.3 Å². The van der Waals surface area contributed by atoms with Crippen molar-refractivity contribution in [3.05, 3.63) is 35.9 Å². The second-order valence-electron chi connectivity index (χ2n) is 6.00. The van der Waals surface area contributed by atoms with Gasteiger partial charge in [0, 0.05) is 32.8 Å². The van der Waals surface area contributed by atoms with Gasteiger partial charge in [0.1, 0.15) is 0 Å². The van der Waals surface area contributed by atoms with Crippen molar-refractivity contribution in [2.24, 2.45) is 5.92 Å². The first-order valence-electron chi connectivity index (χ1n) is 7.76. The van der Waals surface area contributed by atoms with Crippen LogP contribution < -0.4 is 5.32 Å². The van der Waals surface area contributed by atoms with Gasteiger partial charge in [-0.25, -0.2) is 0 Å². The third-order valence-electron chi connectivity index (χ3n) is 4.04. The minimum absolute atomic E-state index is 0.599. The Kier molecular flexibility index (Phi) is 6.51. The van der Waals surface area contributed by atoms with Crippen molar-refractivity contribution >= 4 is 0 Å². The van der Waals surface area contributed by atoms with Crippen molar-refractivity contribution in [2.45, 2.75) is 32.4 Å². The van der Waals surface area contributed by atoms with E-state index in [0.29, 0.717) is 12.0 Å². The fraction of sp³-hybridized carbons (Fsp3) is 0.647. The molecule has 0 aromatic heterocycles. The number of nitrogens with one attached hydrogen (secondary N) is 1. The van der Waals surface area contributed by atoms with Crippen LogP contribution in [0, 0.1) is 5.92 Å². The summed E-state index contributed by atoms with van der Waals surface area (Å²) >= 11 is 0. The summed E-state index contributed by atoms with van der Waals surface area (Å²) < 4.78 is 5.18. The van der Waals surface area contributed by atoms with Crippen molar-refractivity contribution in [1.29, 1.82) is 0 Å². The van der Waals surface area contributed by atoms with E-state index in [1.54, 1.807) is 7.11 Å². The average molecular weight is 276 g/mol. The molecule has 1 atom stereocenters. The molecule has 1 aromatic rings. The lowest BCUT2D eigenvalue weighted by molar-refractivity contribution is 0.148. The molecule has 1 unspecified atom stereocenters. The summed E-state index contributed by atoms with van der Waals surface area (Å²) in [5.74, 6) is 0.599. The summed E-state index contributed by atoms with van der Waals surface area (Å²) in [6, 6.07) is 11.5. The molecule has 112 valence electrons. The topological polar surface area (TPSA) is 24.5 Å². The van der Waals surface area contributed by atoms with E-state index in [1.807, 2.05) is 0 Å². The Hall–Kier alpha value is -0.900. The molecule has 3 heteroatoms. The quantitative estimate of drug-likeness (QED) is 0.828. The Balaban J connectivity index is 1.65. The number of methoxy groups -OCH3 is 1. The summed E-state index contributed by atoms with van der Waals surface area (Å²) in [5.41, 5.74) is 1.42. The van der Waals surface area contributed by atoms with E-state index in [2.05, 4.69) is 47.5 Å². The summed E-state index contributed by atoms with van der Waals surface area (Å²) in [4.78, 5) is 2.56. The molecule has 1 N–H and O–H groups in total. The van der Waals surface area contributed by atoms with Crippen LogP contribution in [0.4, 0.5) is 0 Å². The van der Waals surface area contributed by atoms with Crippen LogP contribution in [0.2, 0.25) is 0 Å². The summed E-state index contributed by atoms with van der Waals surface area (Å²) in [6.45, 7) is 7.64. The molecule has 0 radical (unpaired) electrons. The minimum Gasteiger partial charge on any atom is -0.384 e. The molecule has 0 aliphatic carbocycles. The zero-order chi connectivity index (χ0) is 14.2. The van der Waals surface area contributed by atoms with E-state index < -0.39 is 0 Å². The molecule has 1 saturated heterocycles. The number of hydrogen-bond acceptors (Lipinski definition) is 3. The Morgan fingerprint density at radius 2 is 1.95 bits per heavy atom. The Morgan fingerprint density at radius 1 is 1.25 bits per heavy atom. The fourth-order valence-corrected chi connectivity index (χ4v) is 2.85. The predicted molar refractivity (Wildman–Crippen MR) is 83.8 cm³/mol. The van der Waals surface area contributed by atoms with Crippen LogP contribution in [0.15, 0.2) is 30.3 Å². The van der Waals surface area contributed by atoms with Crippen molar-refractivity contribution in [3.63, 3.8) is 0 Å². The third-order valence-corrected chi connectivity index (χ3v) is 4.04. The van der Waals surface area contributed by atoms with Gasteiger partial charge >= 0.3 is 0 Å². The molecule has 0 saturated carbocycles. The number of nitrogens with zero attached hydrogens (tertiary/aromatic N) is 1. The second kappa shape index (κ2) is 8.40. The molecule has 0 bridgehead atoms. The lowest BCUT2D eigenvalue weighted by Gasteiger charge is -2.33. The molecule has 1 heterocycles. The highest BCUT2D eigenvalue weighted by Crippen LogP contribution is 2.14. The Labute approximate surface area is 123 Å². The van der Waals surface area contributed by atoms with Gasteiger partial charge in [0.05, 0.1) is 0 Å². The van der Waals surface area contributed by atoms with E-state index in [9.17, 15) is 0 Å². The molecule has 20 heavy (non-hydrogen) atoms. The lowest BCUT2D eigenvalue weighted by atomic mass is 10.0. The first kappa shape index (κ1) is 15.5. The molecule has 1 aliphatic rings. The highest BCUT2D eigenvalue weighted by Gasteiger charge is 2.19. The maximum Gasteiger partial charge on any atom is 0.0499 e. The molecule has 0 spiro atoms. The maximum atomic E-state index is 5.18. The van der Waals surface area contributed by atoms with E-state index in [-0.39, 0.29) is 0 Å². The number of hydrogen-bond donors (Lipinski definition) is 1. The summed E-state index contributed by atoms with van der Waals surface area (Å²) in [6.07, 6.45) is 2.51. The number of likely N-dealkylation sites (tertiary alicyclic amines) is 1. The van der Waals surface area contributed by atoms with Gasteiger partial charge in [-0.2, -0.15) is 0 Å². The predicted octanol–water partition coefficient (Wildman–Crippen LogP) is 2.52. The minimum atomic E-state index is 0.599. The van der Waals surface area contributed by atoms with E-state index >= 15 is 0 Å². The van der Waals surface area contributed by atoms with Crippen LogP contribution in [0.5, 0.6) is 0 Å². The number of benzene rings is 1. The Bertz CT molecular complexity index is 361. The zero-order valence-electron chi connectivity index (χ0n) is 12.8. The summed E-state index contributed by atoms with van der Waals surface area (Å²) in [7, 11) is 1.78. The van der Waals surface area contributed by atoms with Gasteiger partial charge in [0.2, 0.25) is 0 Å². The van der Waals surface area contributed by atoms with E-state index in [4.69, 9.17) is 4.74 Å². The first-order valence-corrected chi connectivity index (χ1v) is 7.76.